The van der Waals surface area contributed by atoms with Crippen LogP contribution in [0.2, 0.25) is 0 Å². The van der Waals surface area contributed by atoms with Crippen LogP contribution in [0.1, 0.15) is 11.1 Å². The minimum absolute atomic E-state index is 0.0729. The van der Waals surface area contributed by atoms with E-state index in [1.54, 1.807) is 7.11 Å². The number of aliphatic imine (C=N–C) groups is 1. The molecule has 2 saturated heterocycles. The summed E-state index contributed by atoms with van der Waals surface area (Å²) in [6, 6.07) is 17.0. The highest BCUT2D eigenvalue weighted by Gasteiger charge is 2.48. The zero-order chi connectivity index (χ0) is 20.4. The van der Waals surface area contributed by atoms with Crippen LogP contribution in [-0.2, 0) is 27.6 Å². The molecule has 6 nitrogen and oxygen atoms in total. The molecule has 1 amide bonds. The Morgan fingerprint density at radius 2 is 1.83 bits per heavy atom. The molecule has 2 aromatic carbocycles. The van der Waals surface area contributed by atoms with Crippen molar-refractivity contribution in [3.63, 3.8) is 0 Å². The van der Waals surface area contributed by atoms with Gasteiger partial charge in [-0.15, -0.1) is 0 Å². The molecule has 2 heterocycles. The van der Waals surface area contributed by atoms with E-state index in [0.717, 1.165) is 16.9 Å². The first-order valence-corrected chi connectivity index (χ1v) is 12.1. The van der Waals surface area contributed by atoms with Crippen molar-refractivity contribution >= 4 is 32.7 Å². The Hall–Kier alpha value is -2.32. The van der Waals surface area contributed by atoms with Crippen LogP contribution < -0.4 is 4.74 Å². The summed E-state index contributed by atoms with van der Waals surface area (Å²) >= 11 is 1.41. The van der Waals surface area contributed by atoms with E-state index in [1.165, 1.54) is 11.8 Å². The Kier molecular flexibility index (Phi) is 5.65. The van der Waals surface area contributed by atoms with Crippen LogP contribution in [0.4, 0.5) is 0 Å². The highest BCUT2D eigenvalue weighted by atomic mass is 32.2. The minimum atomic E-state index is -3.05. The number of thioether (sulfide) groups is 1. The number of methoxy groups -OCH3 is 1. The Bertz CT molecular complexity index is 1020. The van der Waals surface area contributed by atoms with Crippen LogP contribution in [0.3, 0.4) is 0 Å². The van der Waals surface area contributed by atoms with Crippen molar-refractivity contribution in [2.75, 3.05) is 18.6 Å². The number of hydrogen-bond donors (Lipinski definition) is 0. The third kappa shape index (κ3) is 4.64. The largest absolute Gasteiger partial charge is 0.497 e. The van der Waals surface area contributed by atoms with Gasteiger partial charge in [0.1, 0.15) is 5.75 Å². The van der Waals surface area contributed by atoms with E-state index in [4.69, 9.17) is 4.74 Å². The summed E-state index contributed by atoms with van der Waals surface area (Å²) in [5.74, 6) is 0.753. The van der Waals surface area contributed by atoms with Gasteiger partial charge in [-0.3, -0.25) is 4.79 Å². The second-order valence-electron chi connectivity index (χ2n) is 7.23. The standard InChI is InChI=1S/C21H22N2O4S2/c1-27-17-9-7-15(8-10-17)11-20(24)22-21-23(12-16-5-3-2-4-6-16)18-13-29(25,26)14-19(18)28-21/h2-10,18-19H,11-14H2,1H3/t18-,19-/m1/s1. The molecule has 0 bridgehead atoms. The van der Waals surface area contributed by atoms with Crippen molar-refractivity contribution in [1.82, 2.24) is 4.90 Å². The SMILES string of the molecule is COc1ccc(CC(=O)N=C2S[C@@H]3CS(=O)(=O)C[C@H]3N2Cc2ccccc2)cc1. The van der Waals surface area contributed by atoms with E-state index in [9.17, 15) is 13.2 Å². The average molecular weight is 431 g/mol. The second kappa shape index (κ2) is 8.20. The molecule has 0 aromatic heterocycles. The highest BCUT2D eigenvalue weighted by molar-refractivity contribution is 8.15. The lowest BCUT2D eigenvalue weighted by molar-refractivity contribution is -0.117. The summed E-state index contributed by atoms with van der Waals surface area (Å²) in [4.78, 5) is 18.9. The number of sulfone groups is 1. The molecule has 2 atom stereocenters. The van der Waals surface area contributed by atoms with E-state index in [0.29, 0.717) is 11.7 Å². The Morgan fingerprint density at radius 1 is 1.10 bits per heavy atom. The number of ether oxygens (including phenoxy) is 1. The highest BCUT2D eigenvalue weighted by Crippen LogP contribution is 2.39. The summed E-state index contributed by atoms with van der Waals surface area (Å²) in [5.41, 5.74) is 1.92. The molecular weight excluding hydrogens is 408 g/mol. The summed E-state index contributed by atoms with van der Waals surface area (Å²) in [5, 5.41) is 0.550. The van der Waals surface area contributed by atoms with Gasteiger partial charge in [0.15, 0.2) is 15.0 Å². The number of carbonyl (C=O) groups excluding carboxylic acids is 1. The normalized spacial score (nSPS) is 23.9. The summed E-state index contributed by atoms with van der Waals surface area (Å²) in [6.07, 6.45) is 0.195. The average Bonchev–Trinajstić information content (AvgIpc) is 3.15. The van der Waals surface area contributed by atoms with Crippen molar-refractivity contribution in [1.29, 1.82) is 0 Å². The van der Waals surface area contributed by atoms with Crippen molar-refractivity contribution in [3.05, 3.63) is 65.7 Å². The van der Waals surface area contributed by atoms with Gasteiger partial charge < -0.3 is 9.64 Å². The number of benzene rings is 2. The lowest BCUT2D eigenvalue weighted by Crippen LogP contribution is -2.37. The van der Waals surface area contributed by atoms with Gasteiger partial charge in [-0.05, 0) is 23.3 Å². The number of hydrogen-bond acceptors (Lipinski definition) is 5. The lowest BCUT2D eigenvalue weighted by atomic mass is 10.1. The van der Waals surface area contributed by atoms with Crippen LogP contribution in [0, 0.1) is 0 Å². The van der Waals surface area contributed by atoms with E-state index in [-0.39, 0.29) is 35.1 Å². The fraction of sp³-hybridized carbons (Fsp3) is 0.333. The molecule has 0 unspecified atom stereocenters. The maximum Gasteiger partial charge on any atom is 0.252 e. The summed E-state index contributed by atoms with van der Waals surface area (Å²) < 4.78 is 29.4. The molecule has 0 saturated carbocycles. The molecule has 0 radical (unpaired) electrons. The van der Waals surface area contributed by atoms with Crippen LogP contribution in [0.15, 0.2) is 59.6 Å². The van der Waals surface area contributed by atoms with E-state index >= 15 is 0 Å². The molecule has 4 rings (SSSR count). The van der Waals surface area contributed by atoms with Crippen molar-refractivity contribution in [2.24, 2.45) is 4.99 Å². The third-order valence-electron chi connectivity index (χ3n) is 5.11. The lowest BCUT2D eigenvalue weighted by Gasteiger charge is -2.24. The van der Waals surface area contributed by atoms with E-state index in [2.05, 4.69) is 4.99 Å². The van der Waals surface area contributed by atoms with Crippen LogP contribution in [-0.4, -0.2) is 54.3 Å². The molecule has 2 aliphatic rings. The van der Waals surface area contributed by atoms with Gasteiger partial charge in [-0.2, -0.15) is 4.99 Å². The number of carbonyl (C=O) groups is 1. The van der Waals surface area contributed by atoms with Crippen LogP contribution in [0.25, 0.3) is 0 Å². The monoisotopic (exact) mass is 430 g/mol. The zero-order valence-electron chi connectivity index (χ0n) is 16.0. The molecule has 0 aliphatic carbocycles. The fourth-order valence-corrected chi connectivity index (χ4v) is 7.63. The zero-order valence-corrected chi connectivity index (χ0v) is 17.7. The third-order valence-corrected chi connectivity index (χ3v) is 8.35. The molecule has 2 aromatic rings. The molecule has 2 fully saturated rings. The smallest absolute Gasteiger partial charge is 0.252 e. The minimum Gasteiger partial charge on any atom is -0.497 e. The number of amidine groups is 1. The van der Waals surface area contributed by atoms with Gasteiger partial charge in [0.25, 0.3) is 5.91 Å². The molecular formula is C21H22N2O4S2. The van der Waals surface area contributed by atoms with Gasteiger partial charge in [-0.1, -0.05) is 54.2 Å². The maximum absolute atomic E-state index is 12.6. The number of rotatable bonds is 5. The molecule has 2 aliphatic heterocycles. The predicted molar refractivity (Wildman–Crippen MR) is 115 cm³/mol. The van der Waals surface area contributed by atoms with Gasteiger partial charge >= 0.3 is 0 Å². The van der Waals surface area contributed by atoms with Crippen LogP contribution >= 0.6 is 11.8 Å². The Balaban J connectivity index is 1.54. The van der Waals surface area contributed by atoms with Crippen molar-refractivity contribution in [3.8, 4) is 5.75 Å². The maximum atomic E-state index is 12.6. The second-order valence-corrected chi connectivity index (χ2v) is 10.6. The molecule has 0 spiro atoms. The van der Waals surface area contributed by atoms with Gasteiger partial charge in [0.2, 0.25) is 0 Å². The van der Waals surface area contributed by atoms with Gasteiger partial charge in [0, 0.05) is 11.8 Å². The first kappa shape index (κ1) is 20.0. The van der Waals surface area contributed by atoms with E-state index in [1.807, 2.05) is 59.5 Å². The Morgan fingerprint density at radius 3 is 2.52 bits per heavy atom. The van der Waals surface area contributed by atoms with Crippen molar-refractivity contribution < 1.29 is 17.9 Å². The van der Waals surface area contributed by atoms with E-state index < -0.39 is 9.84 Å². The number of amides is 1. The topological polar surface area (TPSA) is 76.0 Å². The van der Waals surface area contributed by atoms with Gasteiger partial charge in [-0.25, -0.2) is 8.42 Å². The van der Waals surface area contributed by atoms with Gasteiger partial charge in [0.05, 0.1) is 31.1 Å². The fourth-order valence-electron chi connectivity index (χ4n) is 3.66. The Labute approximate surface area is 174 Å². The predicted octanol–water partition coefficient (Wildman–Crippen LogP) is 2.53. The first-order valence-electron chi connectivity index (χ1n) is 9.35. The quantitative estimate of drug-likeness (QED) is 0.726. The molecule has 152 valence electrons. The summed E-state index contributed by atoms with van der Waals surface area (Å²) in [7, 11) is -1.45. The number of fused-ring (bicyclic) bond motifs is 1. The molecule has 0 N–H and O–H groups in total. The molecule has 29 heavy (non-hydrogen) atoms. The molecule has 8 heteroatoms. The number of nitrogens with zero attached hydrogens (tertiary/aromatic N) is 2. The first-order chi connectivity index (χ1) is 13.9. The summed E-state index contributed by atoms with van der Waals surface area (Å²) in [6.45, 7) is 0.541. The van der Waals surface area contributed by atoms with Crippen LogP contribution in [0.5, 0.6) is 5.75 Å². The van der Waals surface area contributed by atoms with Crippen molar-refractivity contribution in [2.45, 2.75) is 24.3 Å².